The molecule has 0 aromatic carbocycles. The molecule has 0 aromatic rings. The van der Waals surface area contributed by atoms with Gasteiger partial charge in [0.2, 0.25) is 0 Å². The molecule has 5 nitrogen and oxygen atoms in total. The molecule has 1 heterocycles. The number of carbonyl (C=O) groups excluding carboxylic acids is 1. The Morgan fingerprint density at radius 2 is 1.83 bits per heavy atom. The van der Waals surface area contributed by atoms with E-state index in [1.54, 1.807) is 4.90 Å². The molecule has 1 saturated heterocycles. The number of nitrogens with one attached hydrogen (secondary N) is 1. The predicted octanol–water partition coefficient (Wildman–Crippen LogP) is 0.672. The van der Waals surface area contributed by atoms with Crippen LogP contribution >= 0.6 is 0 Å². The molecule has 0 aromatic heterocycles. The van der Waals surface area contributed by atoms with E-state index in [4.69, 9.17) is 0 Å². The zero-order valence-corrected chi connectivity index (χ0v) is 12.4. The van der Waals surface area contributed by atoms with Crippen LogP contribution in [0.15, 0.2) is 0 Å². The lowest BCUT2D eigenvalue weighted by Gasteiger charge is -2.35. The second-order valence-electron chi connectivity index (χ2n) is 5.77. The smallest absolute Gasteiger partial charge is 0.319 e. The Labute approximate surface area is 111 Å². The fraction of sp³-hybridized carbons (Fsp3) is 0.923. The van der Waals surface area contributed by atoms with E-state index in [-0.39, 0.29) is 6.03 Å². The number of likely N-dealkylation sites (tertiary alicyclic amines) is 1. The van der Waals surface area contributed by atoms with Crippen molar-refractivity contribution in [2.24, 2.45) is 0 Å². The minimum absolute atomic E-state index is 0.134. The average Bonchev–Trinajstić information content (AvgIpc) is 2.27. The van der Waals surface area contributed by atoms with Crippen molar-refractivity contribution in [3.8, 4) is 0 Å². The minimum Gasteiger partial charge on any atom is -0.331 e. The number of rotatable bonds is 4. The molecule has 1 rings (SSSR count). The van der Waals surface area contributed by atoms with Crippen molar-refractivity contribution >= 4 is 6.03 Å². The van der Waals surface area contributed by atoms with Crippen LogP contribution in [0.1, 0.15) is 19.8 Å². The molecule has 106 valence electrons. The molecule has 0 aliphatic carbocycles. The van der Waals surface area contributed by atoms with Gasteiger partial charge in [-0.3, -0.25) is 0 Å². The number of hydrogen-bond acceptors (Lipinski definition) is 3. The molecule has 1 aliphatic rings. The molecule has 0 bridgehead atoms. The van der Waals surface area contributed by atoms with Crippen molar-refractivity contribution in [3.63, 3.8) is 0 Å². The van der Waals surface area contributed by atoms with Crippen molar-refractivity contribution < 1.29 is 4.79 Å². The van der Waals surface area contributed by atoms with Crippen LogP contribution in [0.5, 0.6) is 0 Å². The van der Waals surface area contributed by atoms with E-state index < -0.39 is 0 Å². The Bertz CT molecular complexity index is 260. The molecule has 5 heteroatoms. The van der Waals surface area contributed by atoms with Gasteiger partial charge in [-0.05, 0) is 33.9 Å². The van der Waals surface area contributed by atoms with E-state index in [9.17, 15) is 4.79 Å². The van der Waals surface area contributed by atoms with Gasteiger partial charge in [0, 0.05) is 45.8 Å². The third kappa shape index (κ3) is 4.82. The quantitative estimate of drug-likeness (QED) is 0.803. The van der Waals surface area contributed by atoms with Gasteiger partial charge in [-0.15, -0.1) is 0 Å². The van der Waals surface area contributed by atoms with Crippen LogP contribution in [0, 0.1) is 0 Å². The summed E-state index contributed by atoms with van der Waals surface area (Å²) in [6.45, 7) is 5.00. The maximum absolute atomic E-state index is 11.8. The monoisotopic (exact) mass is 256 g/mol. The zero-order chi connectivity index (χ0) is 13.7. The number of piperidine rings is 1. The first-order chi connectivity index (χ1) is 8.40. The first-order valence-corrected chi connectivity index (χ1v) is 6.77. The van der Waals surface area contributed by atoms with Crippen molar-refractivity contribution in [2.75, 3.05) is 47.8 Å². The Hall–Kier alpha value is -0.810. The van der Waals surface area contributed by atoms with Crippen LogP contribution in [-0.2, 0) is 0 Å². The number of likely N-dealkylation sites (N-methyl/N-ethyl adjacent to an activating group) is 1. The van der Waals surface area contributed by atoms with Crippen LogP contribution in [-0.4, -0.2) is 80.6 Å². The molecular formula is C13H28N4O. The van der Waals surface area contributed by atoms with Crippen molar-refractivity contribution in [1.29, 1.82) is 0 Å². The summed E-state index contributed by atoms with van der Waals surface area (Å²) >= 11 is 0. The van der Waals surface area contributed by atoms with Gasteiger partial charge in [-0.2, -0.15) is 0 Å². The molecule has 1 atom stereocenters. The molecule has 1 fully saturated rings. The van der Waals surface area contributed by atoms with Crippen molar-refractivity contribution in [3.05, 3.63) is 0 Å². The molecule has 2 amide bonds. The topological polar surface area (TPSA) is 38.8 Å². The Balaban J connectivity index is 2.29. The summed E-state index contributed by atoms with van der Waals surface area (Å²) in [4.78, 5) is 17.6. The third-order valence-corrected chi connectivity index (χ3v) is 3.31. The van der Waals surface area contributed by atoms with E-state index in [2.05, 4.69) is 31.2 Å². The van der Waals surface area contributed by atoms with Gasteiger partial charge in [-0.1, -0.05) is 0 Å². The zero-order valence-electron chi connectivity index (χ0n) is 12.4. The lowest BCUT2D eigenvalue weighted by molar-refractivity contribution is 0.150. The number of urea groups is 1. The molecule has 18 heavy (non-hydrogen) atoms. The van der Waals surface area contributed by atoms with Crippen LogP contribution < -0.4 is 5.32 Å². The Kier molecular flexibility index (Phi) is 5.88. The second-order valence-corrected chi connectivity index (χ2v) is 5.77. The number of carbonyl (C=O) groups is 1. The SMILES string of the molecule is CC(CN(C)C)NC1CCN(C(=O)N(C)C)CC1. The Morgan fingerprint density at radius 1 is 1.28 bits per heavy atom. The Morgan fingerprint density at radius 3 is 2.28 bits per heavy atom. The molecule has 0 radical (unpaired) electrons. The summed E-state index contributed by atoms with van der Waals surface area (Å²) in [6.07, 6.45) is 2.11. The van der Waals surface area contributed by atoms with Crippen LogP contribution in [0.3, 0.4) is 0 Å². The lowest BCUT2D eigenvalue weighted by atomic mass is 10.0. The summed E-state index contributed by atoms with van der Waals surface area (Å²) < 4.78 is 0. The highest BCUT2D eigenvalue weighted by atomic mass is 16.2. The first-order valence-electron chi connectivity index (χ1n) is 6.77. The molecule has 1 unspecified atom stereocenters. The highest BCUT2D eigenvalue weighted by molar-refractivity contribution is 5.73. The normalized spacial score (nSPS) is 19.1. The van der Waals surface area contributed by atoms with Crippen molar-refractivity contribution in [2.45, 2.75) is 31.8 Å². The molecule has 1 N–H and O–H groups in total. The number of nitrogens with zero attached hydrogens (tertiary/aromatic N) is 3. The van der Waals surface area contributed by atoms with E-state index >= 15 is 0 Å². The van der Waals surface area contributed by atoms with Gasteiger partial charge in [0.1, 0.15) is 0 Å². The maximum atomic E-state index is 11.8. The van der Waals surface area contributed by atoms with Gasteiger partial charge in [0.05, 0.1) is 0 Å². The van der Waals surface area contributed by atoms with E-state index in [0.717, 1.165) is 32.5 Å². The fourth-order valence-corrected chi connectivity index (χ4v) is 2.52. The van der Waals surface area contributed by atoms with E-state index in [1.807, 2.05) is 19.0 Å². The highest BCUT2D eigenvalue weighted by Gasteiger charge is 2.24. The summed E-state index contributed by atoms with van der Waals surface area (Å²) in [5.41, 5.74) is 0. The number of amides is 2. The fourth-order valence-electron chi connectivity index (χ4n) is 2.52. The van der Waals surface area contributed by atoms with E-state index in [0.29, 0.717) is 12.1 Å². The van der Waals surface area contributed by atoms with Crippen LogP contribution in [0.2, 0.25) is 0 Å². The van der Waals surface area contributed by atoms with Gasteiger partial charge in [0.15, 0.2) is 0 Å². The van der Waals surface area contributed by atoms with Gasteiger partial charge in [-0.25, -0.2) is 4.79 Å². The molecule has 0 saturated carbocycles. The molecule has 1 aliphatic heterocycles. The van der Waals surface area contributed by atoms with Crippen molar-refractivity contribution in [1.82, 2.24) is 20.0 Å². The highest BCUT2D eigenvalue weighted by Crippen LogP contribution is 2.12. The van der Waals surface area contributed by atoms with E-state index in [1.165, 1.54) is 0 Å². The second kappa shape index (κ2) is 6.95. The maximum Gasteiger partial charge on any atom is 0.319 e. The largest absolute Gasteiger partial charge is 0.331 e. The summed E-state index contributed by atoms with van der Waals surface area (Å²) in [7, 11) is 7.81. The average molecular weight is 256 g/mol. The van der Waals surface area contributed by atoms with Crippen LogP contribution in [0.4, 0.5) is 4.79 Å². The minimum atomic E-state index is 0.134. The van der Waals surface area contributed by atoms with Gasteiger partial charge >= 0.3 is 6.03 Å². The van der Waals surface area contributed by atoms with Gasteiger partial charge in [0.25, 0.3) is 0 Å². The molecular weight excluding hydrogens is 228 g/mol. The summed E-state index contributed by atoms with van der Waals surface area (Å²) in [5, 5.41) is 3.65. The van der Waals surface area contributed by atoms with Crippen LogP contribution in [0.25, 0.3) is 0 Å². The predicted molar refractivity (Wildman–Crippen MR) is 74.8 cm³/mol. The lowest BCUT2D eigenvalue weighted by Crippen LogP contribution is -2.50. The summed E-state index contributed by atoms with van der Waals surface area (Å²) in [6, 6.07) is 1.18. The number of hydrogen-bond donors (Lipinski definition) is 1. The summed E-state index contributed by atoms with van der Waals surface area (Å²) in [5.74, 6) is 0. The third-order valence-electron chi connectivity index (χ3n) is 3.31. The van der Waals surface area contributed by atoms with Gasteiger partial charge < -0.3 is 20.0 Å². The standard InChI is InChI=1S/C13H28N4O/c1-11(10-15(2)3)14-12-6-8-17(9-7-12)13(18)16(4)5/h11-12,14H,6-10H2,1-5H3. The first kappa shape index (κ1) is 15.2. The molecule has 0 spiro atoms.